The second-order valence-corrected chi connectivity index (χ2v) is 14.0. The number of esters is 3. The van der Waals surface area contributed by atoms with Gasteiger partial charge in [0.15, 0.2) is 6.10 Å². The van der Waals surface area contributed by atoms with Crippen molar-refractivity contribution < 1.29 is 28.6 Å². The SMILES string of the molecule is CC\C=C/C=C\C=C/C=C\C=C/CCCC(=O)OC(COC(=O)CC/C=C\C/C=C\C/C=C\C/C=C\C/C=C\CC)COC(=O)CCCCCCCCCCCC. The molecule has 0 aliphatic heterocycles. The predicted molar refractivity (Wildman–Crippen MR) is 242 cm³/mol. The van der Waals surface area contributed by atoms with Gasteiger partial charge in [-0.25, -0.2) is 0 Å². The first-order valence-corrected chi connectivity index (χ1v) is 22.1. The summed E-state index contributed by atoms with van der Waals surface area (Å²) in [5, 5.41) is 0. The van der Waals surface area contributed by atoms with Crippen LogP contribution in [-0.4, -0.2) is 37.2 Å². The van der Waals surface area contributed by atoms with E-state index < -0.39 is 12.1 Å². The van der Waals surface area contributed by atoms with E-state index in [1.807, 2.05) is 66.8 Å². The normalized spacial score (nSPS) is 13.2. The number of rotatable bonds is 37. The van der Waals surface area contributed by atoms with Crippen molar-refractivity contribution in [3.63, 3.8) is 0 Å². The lowest BCUT2D eigenvalue weighted by Crippen LogP contribution is -2.30. The second-order valence-electron chi connectivity index (χ2n) is 14.0. The topological polar surface area (TPSA) is 78.9 Å². The molecule has 0 fully saturated rings. The Balaban J connectivity index is 4.63. The molecule has 318 valence electrons. The quantitative estimate of drug-likeness (QED) is 0.0205. The molecule has 0 radical (unpaired) electrons. The van der Waals surface area contributed by atoms with E-state index in [9.17, 15) is 14.4 Å². The summed E-state index contributed by atoms with van der Waals surface area (Å²) in [6.45, 7) is 6.19. The van der Waals surface area contributed by atoms with Crippen LogP contribution in [0.1, 0.15) is 162 Å². The first-order valence-electron chi connectivity index (χ1n) is 22.1. The van der Waals surface area contributed by atoms with Crippen LogP contribution in [0.15, 0.2) is 122 Å². The third-order valence-corrected chi connectivity index (χ3v) is 8.60. The molecule has 0 bridgehead atoms. The van der Waals surface area contributed by atoms with Gasteiger partial charge in [-0.05, 0) is 64.2 Å². The van der Waals surface area contributed by atoms with Crippen LogP contribution in [0.2, 0.25) is 0 Å². The molecular formula is C51H78O6. The van der Waals surface area contributed by atoms with Crippen LogP contribution in [0.25, 0.3) is 0 Å². The van der Waals surface area contributed by atoms with Gasteiger partial charge in [-0.3, -0.25) is 14.4 Å². The largest absolute Gasteiger partial charge is 0.462 e. The summed E-state index contributed by atoms with van der Waals surface area (Å²) in [6, 6.07) is 0. The standard InChI is InChI=1S/C51H78O6/c1-4-7-10-13-16-19-22-24-25-26-28-29-32-35-38-41-44-50(53)56-47-48(46-55-49(52)43-40-37-34-31-21-18-15-12-9-6-3)57-51(54)45-42-39-36-33-30-27-23-20-17-14-11-8-5-2/h7-8,10-11,14,16-17,19-20,23-25,27-30,33,35-36,38,48H,4-6,9,12-13,15,18,21-22,26,31-32,34,37,39-47H2,1-3H3/b10-7-,11-8-,17-14-,19-16-,23-20-,25-24-,29-28-,30-27-,36-33-,38-35-. The van der Waals surface area contributed by atoms with E-state index in [1.165, 1.54) is 44.9 Å². The van der Waals surface area contributed by atoms with Crippen molar-refractivity contribution in [2.24, 2.45) is 0 Å². The van der Waals surface area contributed by atoms with Gasteiger partial charge in [0.1, 0.15) is 13.2 Å². The summed E-state index contributed by atoms with van der Waals surface area (Å²) < 4.78 is 16.5. The molecule has 57 heavy (non-hydrogen) atoms. The third-order valence-electron chi connectivity index (χ3n) is 8.60. The number of unbranched alkanes of at least 4 members (excludes halogenated alkanes) is 10. The summed E-state index contributed by atoms with van der Waals surface area (Å²) in [7, 11) is 0. The van der Waals surface area contributed by atoms with E-state index in [2.05, 4.69) is 75.5 Å². The summed E-state index contributed by atoms with van der Waals surface area (Å²) in [5.74, 6) is -1.11. The Kier molecular flexibility index (Phi) is 41.3. The van der Waals surface area contributed by atoms with E-state index in [1.54, 1.807) is 0 Å². The Morgan fingerprint density at radius 3 is 1.33 bits per heavy atom. The van der Waals surface area contributed by atoms with Crippen molar-refractivity contribution in [2.45, 2.75) is 168 Å². The van der Waals surface area contributed by atoms with E-state index >= 15 is 0 Å². The van der Waals surface area contributed by atoms with E-state index in [4.69, 9.17) is 14.2 Å². The zero-order valence-electron chi connectivity index (χ0n) is 36.0. The highest BCUT2D eigenvalue weighted by Gasteiger charge is 2.19. The lowest BCUT2D eigenvalue weighted by molar-refractivity contribution is -0.166. The van der Waals surface area contributed by atoms with Crippen molar-refractivity contribution in [3.05, 3.63) is 122 Å². The maximum atomic E-state index is 12.7. The molecule has 0 spiro atoms. The summed E-state index contributed by atoms with van der Waals surface area (Å²) in [4.78, 5) is 37.6. The molecular weight excluding hydrogens is 709 g/mol. The smallest absolute Gasteiger partial charge is 0.306 e. The van der Waals surface area contributed by atoms with Gasteiger partial charge in [-0.1, -0.05) is 200 Å². The lowest BCUT2D eigenvalue weighted by Gasteiger charge is -2.18. The Hall–Kier alpha value is -4.19. The molecule has 0 aliphatic carbocycles. The van der Waals surface area contributed by atoms with Gasteiger partial charge in [0.25, 0.3) is 0 Å². The highest BCUT2D eigenvalue weighted by Crippen LogP contribution is 2.12. The maximum Gasteiger partial charge on any atom is 0.306 e. The van der Waals surface area contributed by atoms with Crippen molar-refractivity contribution in [3.8, 4) is 0 Å². The van der Waals surface area contributed by atoms with Gasteiger partial charge in [-0.15, -0.1) is 0 Å². The molecule has 0 saturated heterocycles. The van der Waals surface area contributed by atoms with Crippen molar-refractivity contribution >= 4 is 17.9 Å². The highest BCUT2D eigenvalue weighted by molar-refractivity contribution is 5.71. The molecule has 6 heteroatoms. The second kappa shape index (κ2) is 44.5. The average molecular weight is 787 g/mol. The first-order chi connectivity index (χ1) is 28.0. The van der Waals surface area contributed by atoms with Gasteiger partial charge in [-0.2, -0.15) is 0 Å². The minimum Gasteiger partial charge on any atom is -0.462 e. The number of ether oxygens (including phenoxy) is 3. The fourth-order valence-corrected chi connectivity index (χ4v) is 5.34. The highest BCUT2D eigenvalue weighted by atomic mass is 16.6. The van der Waals surface area contributed by atoms with Crippen LogP contribution in [0.4, 0.5) is 0 Å². The number of allylic oxidation sites excluding steroid dienone is 20. The van der Waals surface area contributed by atoms with Crippen LogP contribution >= 0.6 is 0 Å². The molecule has 0 aromatic heterocycles. The fraction of sp³-hybridized carbons (Fsp3) is 0.549. The molecule has 0 heterocycles. The first kappa shape index (κ1) is 52.8. The fourth-order valence-electron chi connectivity index (χ4n) is 5.34. The van der Waals surface area contributed by atoms with Gasteiger partial charge in [0.2, 0.25) is 0 Å². The third kappa shape index (κ3) is 42.8. The van der Waals surface area contributed by atoms with Crippen LogP contribution < -0.4 is 0 Å². The predicted octanol–water partition coefficient (Wildman–Crippen LogP) is 14.2. The molecule has 0 aliphatic rings. The Morgan fingerprint density at radius 1 is 0.386 bits per heavy atom. The number of hydrogen-bond acceptors (Lipinski definition) is 6. The zero-order valence-corrected chi connectivity index (χ0v) is 36.0. The molecule has 0 rings (SSSR count). The molecule has 1 atom stereocenters. The molecule has 0 saturated carbocycles. The van der Waals surface area contributed by atoms with Gasteiger partial charge in [0.05, 0.1) is 0 Å². The van der Waals surface area contributed by atoms with Crippen LogP contribution in [0, 0.1) is 0 Å². The lowest BCUT2D eigenvalue weighted by atomic mass is 10.1. The molecule has 1 unspecified atom stereocenters. The summed E-state index contributed by atoms with van der Waals surface area (Å²) in [5.41, 5.74) is 0. The van der Waals surface area contributed by atoms with Crippen molar-refractivity contribution in [1.82, 2.24) is 0 Å². The molecule has 0 N–H and O–H groups in total. The van der Waals surface area contributed by atoms with Crippen LogP contribution in [-0.2, 0) is 28.6 Å². The Bertz CT molecular complexity index is 1270. The van der Waals surface area contributed by atoms with Gasteiger partial charge >= 0.3 is 17.9 Å². The Labute approximate surface area is 348 Å². The minimum atomic E-state index is -0.844. The zero-order chi connectivity index (χ0) is 41.5. The number of carbonyl (C=O) groups excluding carboxylic acids is 3. The molecule has 0 aromatic carbocycles. The van der Waals surface area contributed by atoms with Crippen molar-refractivity contribution in [2.75, 3.05) is 13.2 Å². The number of hydrogen-bond donors (Lipinski definition) is 0. The maximum absolute atomic E-state index is 12.7. The summed E-state index contributed by atoms with van der Waals surface area (Å²) in [6.07, 6.45) is 60.6. The van der Waals surface area contributed by atoms with Gasteiger partial charge < -0.3 is 14.2 Å². The molecule has 6 nitrogen and oxygen atoms in total. The Morgan fingerprint density at radius 2 is 0.807 bits per heavy atom. The van der Waals surface area contributed by atoms with E-state index in [-0.39, 0.29) is 38.0 Å². The van der Waals surface area contributed by atoms with Crippen LogP contribution in [0.5, 0.6) is 0 Å². The van der Waals surface area contributed by atoms with Crippen molar-refractivity contribution in [1.29, 1.82) is 0 Å². The number of carbonyl (C=O) groups is 3. The summed E-state index contributed by atoms with van der Waals surface area (Å²) >= 11 is 0. The molecule has 0 aromatic rings. The van der Waals surface area contributed by atoms with Gasteiger partial charge in [0, 0.05) is 19.3 Å². The van der Waals surface area contributed by atoms with E-state index in [0.29, 0.717) is 25.7 Å². The monoisotopic (exact) mass is 787 g/mol. The minimum absolute atomic E-state index is 0.132. The molecule has 0 amide bonds. The van der Waals surface area contributed by atoms with E-state index in [0.717, 1.165) is 57.8 Å². The van der Waals surface area contributed by atoms with Crippen LogP contribution in [0.3, 0.4) is 0 Å². The average Bonchev–Trinajstić information content (AvgIpc) is 3.21.